The molecule has 2 nitrogen and oxygen atoms in total. The maximum absolute atomic E-state index is 6.12. The first kappa shape index (κ1) is 28.1. The maximum Gasteiger partial charge on any atom is 0.0954 e. The lowest BCUT2D eigenvalue weighted by molar-refractivity contribution is 0.594. The number of hydrogen-bond donors (Lipinski definition) is 0. The molecule has 0 aliphatic rings. The van der Waals surface area contributed by atoms with Crippen molar-refractivity contribution in [3.8, 4) is 0 Å². The topological polar surface area (TPSA) is 17.8 Å². The van der Waals surface area contributed by atoms with Crippen molar-refractivity contribution < 1.29 is 0 Å². The lowest BCUT2D eigenvalue weighted by Crippen LogP contribution is -2.42. The Labute approximate surface area is 237 Å². The minimum Gasteiger partial charge on any atom is -0.326 e. The van der Waals surface area contributed by atoms with Gasteiger partial charge in [-0.15, -0.1) is 0 Å². The summed E-state index contributed by atoms with van der Waals surface area (Å²) in [5, 5.41) is 1.47. The molecule has 0 aliphatic heterocycles. The molecule has 0 saturated carbocycles. The molecule has 0 fully saturated rings. The van der Waals surface area contributed by atoms with E-state index >= 15 is 0 Å². The molecule has 0 saturated heterocycles. The molecular formula is C35H37BN2Si. The summed E-state index contributed by atoms with van der Waals surface area (Å²) in [5.41, 5.74) is 5.00. The molecule has 0 spiro atoms. The number of allylic oxidation sites excluding steroid dienone is 2. The van der Waals surface area contributed by atoms with E-state index in [0.717, 1.165) is 24.0 Å². The molecule has 4 heteroatoms. The standard InChI is InChI=1S/C22H26N2Si.C13H11B/c1-3-11-21(4-2)25-22(24-17-16-23-18-24,19-12-7-5-8-13-19)20-14-9-6-10-15-20;14-13(11-7-3-1-4-8-11)12-9-5-2-6-10-12/h5-18H,3-4,25H2,1-2H3;1-10,13H. The van der Waals surface area contributed by atoms with Crippen LogP contribution in [0.5, 0.6) is 0 Å². The molecule has 0 aliphatic carbocycles. The highest BCUT2D eigenvalue weighted by Gasteiger charge is 2.36. The molecule has 0 N–H and O–H groups in total. The number of nitrogens with zero attached hydrogens (tertiary/aromatic N) is 2. The van der Waals surface area contributed by atoms with Gasteiger partial charge in [-0.05, 0) is 40.9 Å². The summed E-state index contributed by atoms with van der Waals surface area (Å²) in [4.78, 5) is 4.38. The van der Waals surface area contributed by atoms with E-state index in [0.29, 0.717) is 0 Å². The van der Waals surface area contributed by atoms with Crippen LogP contribution in [0, 0.1) is 0 Å². The Morgan fingerprint density at radius 2 is 1.23 bits per heavy atom. The van der Waals surface area contributed by atoms with Gasteiger partial charge in [0.15, 0.2) is 0 Å². The lowest BCUT2D eigenvalue weighted by Gasteiger charge is -2.37. The smallest absolute Gasteiger partial charge is 0.0954 e. The van der Waals surface area contributed by atoms with Crippen molar-refractivity contribution in [1.82, 2.24) is 9.55 Å². The quantitative estimate of drug-likeness (QED) is 0.183. The van der Waals surface area contributed by atoms with Gasteiger partial charge in [-0.2, -0.15) is 0 Å². The summed E-state index contributed by atoms with van der Waals surface area (Å²) < 4.78 is 2.32. The van der Waals surface area contributed by atoms with Gasteiger partial charge in [0.2, 0.25) is 0 Å². The molecule has 0 bridgehead atoms. The van der Waals surface area contributed by atoms with E-state index < -0.39 is 9.52 Å². The van der Waals surface area contributed by atoms with E-state index in [-0.39, 0.29) is 11.0 Å². The van der Waals surface area contributed by atoms with Gasteiger partial charge in [-0.25, -0.2) is 4.98 Å². The van der Waals surface area contributed by atoms with Crippen LogP contribution in [0.25, 0.3) is 0 Å². The Balaban J connectivity index is 0.000000212. The monoisotopic (exact) mass is 524 g/mol. The van der Waals surface area contributed by atoms with Crippen molar-refractivity contribution in [2.75, 3.05) is 0 Å². The van der Waals surface area contributed by atoms with Crippen LogP contribution < -0.4 is 0 Å². The van der Waals surface area contributed by atoms with Gasteiger partial charge in [0.25, 0.3) is 0 Å². The highest BCUT2D eigenvalue weighted by Crippen LogP contribution is 2.35. The van der Waals surface area contributed by atoms with E-state index in [4.69, 9.17) is 7.85 Å². The summed E-state index contributed by atoms with van der Waals surface area (Å²) in [6, 6.07) is 42.1. The predicted octanol–water partition coefficient (Wildman–Crippen LogP) is 7.45. The van der Waals surface area contributed by atoms with E-state index in [1.165, 1.54) is 11.1 Å². The van der Waals surface area contributed by atoms with Gasteiger partial charge >= 0.3 is 0 Å². The van der Waals surface area contributed by atoms with Crippen LogP contribution in [0.3, 0.4) is 0 Å². The van der Waals surface area contributed by atoms with E-state index in [1.807, 2.05) is 48.9 Å². The molecule has 0 atom stereocenters. The second kappa shape index (κ2) is 14.3. The van der Waals surface area contributed by atoms with Crippen LogP contribution in [0.15, 0.2) is 151 Å². The number of hydrogen-bond acceptors (Lipinski definition) is 1. The SMILES string of the molecule is CCC=C(CC)[SiH2]C(c1ccccc1)(c1ccccc1)n1ccnc1.[B]C(c1ccccc1)c1ccccc1. The van der Waals surface area contributed by atoms with Crippen LogP contribution in [0.2, 0.25) is 0 Å². The van der Waals surface area contributed by atoms with Crippen molar-refractivity contribution in [2.45, 2.75) is 37.7 Å². The second-order valence-corrected chi connectivity index (χ2v) is 11.9. The third-order valence-electron chi connectivity index (χ3n) is 7.20. The van der Waals surface area contributed by atoms with Gasteiger partial charge in [0.1, 0.15) is 0 Å². The van der Waals surface area contributed by atoms with Crippen molar-refractivity contribution in [3.63, 3.8) is 0 Å². The second-order valence-electron chi connectivity index (χ2n) is 9.66. The average molecular weight is 525 g/mol. The van der Waals surface area contributed by atoms with Gasteiger partial charge in [-0.1, -0.05) is 146 Å². The normalized spacial score (nSPS) is 11.9. The molecule has 4 aromatic carbocycles. The van der Waals surface area contributed by atoms with E-state index in [9.17, 15) is 0 Å². The molecule has 39 heavy (non-hydrogen) atoms. The number of rotatable bonds is 9. The first-order valence-corrected chi connectivity index (χ1v) is 15.2. The highest BCUT2D eigenvalue weighted by molar-refractivity contribution is 6.50. The van der Waals surface area contributed by atoms with Crippen molar-refractivity contribution >= 4 is 17.4 Å². The zero-order valence-corrected chi connectivity index (χ0v) is 24.4. The summed E-state index contributed by atoms with van der Waals surface area (Å²) >= 11 is 0. The largest absolute Gasteiger partial charge is 0.326 e. The zero-order chi connectivity index (χ0) is 27.3. The number of imidazole rings is 1. The molecule has 0 unspecified atom stereocenters. The Morgan fingerprint density at radius 1 is 0.769 bits per heavy atom. The average Bonchev–Trinajstić information content (AvgIpc) is 3.57. The summed E-state index contributed by atoms with van der Waals surface area (Å²) in [6.45, 7) is 4.51. The molecule has 1 heterocycles. The van der Waals surface area contributed by atoms with Gasteiger partial charge in [0.05, 0.1) is 28.9 Å². The van der Waals surface area contributed by atoms with Crippen molar-refractivity contribution in [2.24, 2.45) is 0 Å². The third kappa shape index (κ3) is 6.96. The summed E-state index contributed by atoms with van der Waals surface area (Å²) in [7, 11) is 5.46. The van der Waals surface area contributed by atoms with Crippen molar-refractivity contribution in [3.05, 3.63) is 174 Å². The maximum atomic E-state index is 6.12. The predicted molar refractivity (Wildman–Crippen MR) is 169 cm³/mol. The summed E-state index contributed by atoms with van der Waals surface area (Å²) in [5.74, 6) is -0.0163. The van der Waals surface area contributed by atoms with Gasteiger partial charge < -0.3 is 4.57 Å². The Morgan fingerprint density at radius 3 is 1.62 bits per heavy atom. The summed E-state index contributed by atoms with van der Waals surface area (Å²) in [6.07, 6.45) is 10.6. The molecule has 5 rings (SSSR count). The third-order valence-corrected chi connectivity index (χ3v) is 10.1. The van der Waals surface area contributed by atoms with Gasteiger partial charge in [0, 0.05) is 12.4 Å². The number of aromatic nitrogens is 2. The fourth-order valence-corrected chi connectivity index (χ4v) is 7.73. The van der Waals surface area contributed by atoms with Crippen LogP contribution in [-0.2, 0) is 5.16 Å². The first-order valence-electron chi connectivity index (χ1n) is 13.8. The molecule has 1 aromatic heterocycles. The Hall–Kier alpha value is -3.89. The fourth-order valence-electron chi connectivity index (χ4n) is 5.14. The fraction of sp³-hybridized carbons (Fsp3) is 0.171. The van der Waals surface area contributed by atoms with E-state index in [1.54, 1.807) is 5.20 Å². The minimum absolute atomic E-state index is 0.0163. The first-order chi connectivity index (χ1) is 19.2. The van der Waals surface area contributed by atoms with Crippen molar-refractivity contribution in [1.29, 1.82) is 0 Å². The van der Waals surface area contributed by atoms with E-state index in [2.05, 4.69) is 121 Å². The Kier molecular flexibility index (Phi) is 10.3. The Bertz CT molecular complexity index is 1310. The zero-order valence-electron chi connectivity index (χ0n) is 23.0. The molecule has 2 radical (unpaired) electrons. The van der Waals surface area contributed by atoms with Crippen LogP contribution in [-0.4, -0.2) is 26.9 Å². The molecule has 5 aromatic rings. The molecule has 194 valence electrons. The minimum atomic E-state index is -0.660. The van der Waals surface area contributed by atoms with Crippen LogP contribution >= 0.6 is 0 Å². The van der Waals surface area contributed by atoms with Crippen LogP contribution in [0.1, 0.15) is 54.8 Å². The highest BCUT2D eigenvalue weighted by atomic mass is 28.2. The molecule has 0 amide bonds. The number of benzene rings is 4. The lowest BCUT2D eigenvalue weighted by atomic mass is 9.76. The van der Waals surface area contributed by atoms with Gasteiger partial charge in [-0.3, -0.25) is 0 Å². The van der Waals surface area contributed by atoms with Crippen LogP contribution in [0.4, 0.5) is 0 Å². The molecular weight excluding hydrogens is 487 g/mol.